The molecule has 2 nitrogen and oxygen atoms in total. The minimum absolute atomic E-state index is 0.0653. The number of benzene rings is 1. The van der Waals surface area contributed by atoms with Gasteiger partial charge in [0.1, 0.15) is 0 Å². The molecule has 0 amide bonds. The largest absolute Gasteiger partial charge is 0.338 e. The Morgan fingerprint density at radius 1 is 1.28 bits per heavy atom. The van der Waals surface area contributed by atoms with Gasteiger partial charge in [-0.25, -0.2) is 0 Å². The van der Waals surface area contributed by atoms with E-state index in [0.717, 1.165) is 6.54 Å². The van der Waals surface area contributed by atoms with Gasteiger partial charge in [0.2, 0.25) is 0 Å². The zero-order chi connectivity index (χ0) is 13.3. The Balaban J connectivity index is 2.65. The molecule has 0 saturated carbocycles. The molecule has 1 aromatic heterocycles. The fourth-order valence-corrected chi connectivity index (χ4v) is 2.29. The number of aromatic nitrogens is 1. The summed E-state index contributed by atoms with van der Waals surface area (Å²) in [6.45, 7) is 9.29. The third-order valence-electron chi connectivity index (χ3n) is 3.40. The minimum Gasteiger partial charge on any atom is -0.338 e. The van der Waals surface area contributed by atoms with Gasteiger partial charge in [0.05, 0.1) is 5.54 Å². The van der Waals surface area contributed by atoms with Crippen LogP contribution in [0.3, 0.4) is 0 Å². The molecule has 0 aliphatic carbocycles. The summed E-state index contributed by atoms with van der Waals surface area (Å²) in [5.41, 5.74) is 2.58. The molecule has 1 aromatic carbocycles. The number of hydrogen-bond donors (Lipinski definition) is 0. The molecule has 2 aromatic rings. The molecule has 0 radical (unpaired) electrons. The predicted octanol–water partition coefficient (Wildman–Crippen LogP) is 3.62. The first-order valence-corrected chi connectivity index (χ1v) is 6.33. The highest BCUT2D eigenvalue weighted by Crippen LogP contribution is 2.28. The summed E-state index contributed by atoms with van der Waals surface area (Å²) in [6.07, 6.45) is 4.26. The highest BCUT2D eigenvalue weighted by molar-refractivity contribution is 5.84. The quantitative estimate of drug-likeness (QED) is 0.743. The van der Waals surface area contributed by atoms with Crippen LogP contribution in [0.2, 0.25) is 0 Å². The fourth-order valence-electron chi connectivity index (χ4n) is 2.29. The van der Waals surface area contributed by atoms with Crippen molar-refractivity contribution in [2.45, 2.75) is 25.9 Å². The second-order valence-corrected chi connectivity index (χ2v) is 5.64. The van der Waals surface area contributed by atoms with Crippen LogP contribution in [0.5, 0.6) is 0 Å². The van der Waals surface area contributed by atoms with Crippen molar-refractivity contribution < 1.29 is 0 Å². The standard InChI is InChI=1S/C16H22N2/c1-6-16(2,3)18-12-13(11-17(4)5)14-9-7-8-10-15(14)18/h6-10,12H,1,11H2,2-5H3. The van der Waals surface area contributed by atoms with E-state index in [0.29, 0.717) is 0 Å². The van der Waals surface area contributed by atoms with Crippen molar-refractivity contribution in [1.82, 2.24) is 9.47 Å². The Morgan fingerprint density at radius 3 is 2.56 bits per heavy atom. The van der Waals surface area contributed by atoms with Gasteiger partial charge in [-0.1, -0.05) is 24.3 Å². The van der Waals surface area contributed by atoms with E-state index in [-0.39, 0.29) is 5.54 Å². The van der Waals surface area contributed by atoms with Gasteiger partial charge in [-0.15, -0.1) is 6.58 Å². The molecule has 2 rings (SSSR count). The SMILES string of the molecule is C=CC(C)(C)n1cc(CN(C)C)c2ccccc21. The van der Waals surface area contributed by atoms with Gasteiger partial charge in [0.15, 0.2) is 0 Å². The zero-order valence-electron chi connectivity index (χ0n) is 11.8. The topological polar surface area (TPSA) is 8.17 Å². The summed E-state index contributed by atoms with van der Waals surface area (Å²) in [5, 5.41) is 1.33. The predicted molar refractivity (Wildman–Crippen MR) is 78.8 cm³/mol. The fraction of sp³-hybridized carbons (Fsp3) is 0.375. The van der Waals surface area contributed by atoms with Crippen LogP contribution in [0.15, 0.2) is 43.1 Å². The Labute approximate surface area is 110 Å². The first kappa shape index (κ1) is 12.9. The smallest absolute Gasteiger partial charge is 0.0569 e. The Kier molecular flexibility index (Phi) is 3.31. The molecule has 0 aliphatic heterocycles. The van der Waals surface area contributed by atoms with Crippen LogP contribution in [0, 0.1) is 0 Å². The van der Waals surface area contributed by atoms with Gasteiger partial charge in [0, 0.05) is 23.6 Å². The molecule has 0 atom stereocenters. The number of rotatable bonds is 4. The first-order chi connectivity index (χ1) is 8.45. The summed E-state index contributed by atoms with van der Waals surface area (Å²) in [7, 11) is 4.20. The maximum absolute atomic E-state index is 3.95. The Morgan fingerprint density at radius 2 is 1.94 bits per heavy atom. The molecule has 2 heteroatoms. The van der Waals surface area contributed by atoms with Crippen LogP contribution >= 0.6 is 0 Å². The van der Waals surface area contributed by atoms with Crippen molar-refractivity contribution in [3.8, 4) is 0 Å². The van der Waals surface area contributed by atoms with E-state index < -0.39 is 0 Å². The van der Waals surface area contributed by atoms with E-state index in [2.05, 4.69) is 74.5 Å². The molecule has 0 bridgehead atoms. The third-order valence-corrected chi connectivity index (χ3v) is 3.40. The van der Waals surface area contributed by atoms with E-state index in [4.69, 9.17) is 0 Å². The van der Waals surface area contributed by atoms with Crippen LogP contribution < -0.4 is 0 Å². The van der Waals surface area contributed by atoms with Crippen LogP contribution in [-0.2, 0) is 12.1 Å². The molecular weight excluding hydrogens is 220 g/mol. The van der Waals surface area contributed by atoms with E-state index in [1.54, 1.807) is 0 Å². The summed E-state index contributed by atoms with van der Waals surface area (Å²) in [4.78, 5) is 2.20. The lowest BCUT2D eigenvalue weighted by Gasteiger charge is -2.23. The van der Waals surface area contributed by atoms with Gasteiger partial charge >= 0.3 is 0 Å². The Bertz CT molecular complexity index is 561. The summed E-state index contributed by atoms with van der Waals surface area (Å²) < 4.78 is 2.31. The molecule has 0 spiro atoms. The molecule has 0 unspecified atom stereocenters. The highest BCUT2D eigenvalue weighted by atomic mass is 15.1. The molecule has 0 N–H and O–H groups in total. The normalized spacial score (nSPS) is 12.3. The van der Waals surface area contributed by atoms with Gasteiger partial charge in [-0.05, 0) is 39.6 Å². The Hall–Kier alpha value is -1.54. The number of allylic oxidation sites excluding steroid dienone is 1. The number of hydrogen-bond acceptors (Lipinski definition) is 1. The first-order valence-electron chi connectivity index (χ1n) is 6.33. The number of fused-ring (bicyclic) bond motifs is 1. The third kappa shape index (κ3) is 2.21. The van der Waals surface area contributed by atoms with E-state index >= 15 is 0 Å². The maximum atomic E-state index is 3.95. The van der Waals surface area contributed by atoms with Crippen molar-refractivity contribution in [3.05, 3.63) is 48.7 Å². The van der Waals surface area contributed by atoms with Crippen LogP contribution in [0.4, 0.5) is 0 Å². The van der Waals surface area contributed by atoms with Crippen molar-refractivity contribution in [1.29, 1.82) is 0 Å². The van der Waals surface area contributed by atoms with Crippen molar-refractivity contribution in [2.75, 3.05) is 14.1 Å². The lowest BCUT2D eigenvalue weighted by Crippen LogP contribution is -2.22. The summed E-state index contributed by atoms with van der Waals surface area (Å²) in [6, 6.07) is 8.58. The molecule has 0 saturated heterocycles. The molecule has 96 valence electrons. The molecule has 0 fully saturated rings. The van der Waals surface area contributed by atoms with E-state index in [1.807, 2.05) is 6.08 Å². The molecule has 0 aliphatic rings. The van der Waals surface area contributed by atoms with Gasteiger partial charge < -0.3 is 9.47 Å². The van der Waals surface area contributed by atoms with Crippen molar-refractivity contribution in [2.24, 2.45) is 0 Å². The summed E-state index contributed by atoms with van der Waals surface area (Å²) in [5.74, 6) is 0. The van der Waals surface area contributed by atoms with Crippen LogP contribution in [0.1, 0.15) is 19.4 Å². The summed E-state index contributed by atoms with van der Waals surface area (Å²) >= 11 is 0. The maximum Gasteiger partial charge on any atom is 0.0569 e. The number of nitrogens with zero attached hydrogens (tertiary/aromatic N) is 2. The van der Waals surface area contributed by atoms with E-state index in [9.17, 15) is 0 Å². The average Bonchev–Trinajstić information content (AvgIpc) is 2.69. The molecule has 1 heterocycles. The lowest BCUT2D eigenvalue weighted by molar-refractivity contribution is 0.401. The zero-order valence-corrected chi connectivity index (χ0v) is 11.8. The average molecular weight is 242 g/mol. The number of para-hydroxylation sites is 1. The lowest BCUT2D eigenvalue weighted by atomic mass is 10.1. The van der Waals surface area contributed by atoms with Crippen molar-refractivity contribution in [3.63, 3.8) is 0 Å². The molecular formula is C16H22N2. The van der Waals surface area contributed by atoms with Gasteiger partial charge in [-0.3, -0.25) is 0 Å². The second kappa shape index (κ2) is 4.62. The van der Waals surface area contributed by atoms with E-state index in [1.165, 1.54) is 16.5 Å². The second-order valence-electron chi connectivity index (χ2n) is 5.64. The van der Waals surface area contributed by atoms with Crippen molar-refractivity contribution >= 4 is 10.9 Å². The monoisotopic (exact) mass is 242 g/mol. The highest BCUT2D eigenvalue weighted by Gasteiger charge is 2.19. The van der Waals surface area contributed by atoms with Gasteiger partial charge in [-0.2, -0.15) is 0 Å². The van der Waals surface area contributed by atoms with Crippen LogP contribution in [0.25, 0.3) is 10.9 Å². The van der Waals surface area contributed by atoms with Crippen LogP contribution in [-0.4, -0.2) is 23.6 Å². The molecule has 18 heavy (non-hydrogen) atoms. The minimum atomic E-state index is -0.0653. The van der Waals surface area contributed by atoms with Gasteiger partial charge in [0.25, 0.3) is 0 Å².